The van der Waals surface area contributed by atoms with Gasteiger partial charge in [-0.2, -0.15) is 0 Å². The normalized spacial score (nSPS) is 15.8. The van der Waals surface area contributed by atoms with Gasteiger partial charge in [0.2, 0.25) is 0 Å². The van der Waals surface area contributed by atoms with Crippen LogP contribution in [-0.2, 0) is 0 Å². The first-order valence-corrected chi connectivity index (χ1v) is 6.93. The van der Waals surface area contributed by atoms with Gasteiger partial charge in [0.15, 0.2) is 0 Å². The summed E-state index contributed by atoms with van der Waals surface area (Å²) in [7, 11) is 5.70. The Kier molecular flexibility index (Phi) is 4.26. The SMILES string of the molecule is C=C1C=Cc2cc(C(=N/C)/C(C)=C(\C)NC)cnc2N1C. The number of rotatable bonds is 3. The van der Waals surface area contributed by atoms with Crippen LogP contribution in [0.25, 0.3) is 6.08 Å². The molecule has 0 saturated carbocycles. The van der Waals surface area contributed by atoms with E-state index in [1.54, 1.807) is 0 Å². The number of hydrogen-bond donors (Lipinski definition) is 1. The molecule has 0 aliphatic carbocycles. The van der Waals surface area contributed by atoms with Crippen molar-refractivity contribution in [1.82, 2.24) is 10.3 Å². The molecule has 0 spiro atoms. The van der Waals surface area contributed by atoms with E-state index in [1.165, 1.54) is 0 Å². The third-order valence-corrected chi connectivity index (χ3v) is 3.89. The van der Waals surface area contributed by atoms with Gasteiger partial charge in [0, 0.05) is 49.9 Å². The van der Waals surface area contributed by atoms with E-state index in [0.717, 1.165) is 39.6 Å². The Morgan fingerprint density at radius 1 is 1.33 bits per heavy atom. The molecule has 21 heavy (non-hydrogen) atoms. The summed E-state index contributed by atoms with van der Waals surface area (Å²) in [5.41, 5.74) is 6.23. The van der Waals surface area contributed by atoms with Gasteiger partial charge in [0.1, 0.15) is 5.82 Å². The summed E-state index contributed by atoms with van der Waals surface area (Å²) in [6.07, 6.45) is 5.92. The predicted molar refractivity (Wildman–Crippen MR) is 90.7 cm³/mol. The largest absolute Gasteiger partial charge is 0.391 e. The average Bonchev–Trinajstić information content (AvgIpc) is 2.50. The first-order valence-electron chi connectivity index (χ1n) is 6.93. The maximum absolute atomic E-state index is 4.58. The summed E-state index contributed by atoms with van der Waals surface area (Å²) in [5.74, 6) is 0.925. The van der Waals surface area contributed by atoms with Gasteiger partial charge in [0.25, 0.3) is 0 Å². The standard InChI is InChI=1S/C17H22N4/c1-11-7-8-14-9-15(10-20-17(14)21(11)6)16(19-5)12(2)13(3)18-4/h7-10,18H,1H2,2-6H3/b13-12+,19-16+. The number of pyridine rings is 1. The van der Waals surface area contributed by atoms with Gasteiger partial charge in [-0.05, 0) is 37.6 Å². The van der Waals surface area contributed by atoms with Gasteiger partial charge in [-0.3, -0.25) is 4.99 Å². The Labute approximate surface area is 126 Å². The third-order valence-electron chi connectivity index (χ3n) is 3.89. The molecular formula is C17H22N4. The predicted octanol–water partition coefficient (Wildman–Crippen LogP) is 2.99. The fraction of sp³-hybridized carbons (Fsp3) is 0.294. The molecule has 1 N–H and O–H groups in total. The molecule has 110 valence electrons. The molecule has 0 radical (unpaired) electrons. The van der Waals surface area contributed by atoms with Gasteiger partial charge in [-0.1, -0.05) is 6.58 Å². The van der Waals surface area contributed by atoms with Crippen molar-refractivity contribution in [2.75, 3.05) is 26.0 Å². The molecule has 0 bridgehead atoms. The zero-order valence-corrected chi connectivity index (χ0v) is 13.4. The van der Waals surface area contributed by atoms with Crippen LogP contribution in [0.4, 0.5) is 5.82 Å². The molecule has 0 unspecified atom stereocenters. The van der Waals surface area contributed by atoms with Crippen LogP contribution in [0, 0.1) is 0 Å². The van der Waals surface area contributed by atoms with Crippen LogP contribution < -0.4 is 10.2 Å². The van der Waals surface area contributed by atoms with Crippen molar-refractivity contribution in [2.24, 2.45) is 4.99 Å². The van der Waals surface area contributed by atoms with E-state index >= 15 is 0 Å². The molecule has 1 aromatic rings. The maximum Gasteiger partial charge on any atom is 0.140 e. The number of nitrogens with zero attached hydrogens (tertiary/aromatic N) is 3. The lowest BCUT2D eigenvalue weighted by molar-refractivity contribution is 0.973. The van der Waals surface area contributed by atoms with Crippen LogP contribution in [-0.4, -0.2) is 31.8 Å². The minimum atomic E-state index is 0.925. The van der Waals surface area contributed by atoms with E-state index in [9.17, 15) is 0 Å². The van der Waals surface area contributed by atoms with E-state index < -0.39 is 0 Å². The molecule has 2 heterocycles. The van der Waals surface area contributed by atoms with Crippen molar-refractivity contribution in [2.45, 2.75) is 13.8 Å². The van der Waals surface area contributed by atoms with Gasteiger partial charge >= 0.3 is 0 Å². The van der Waals surface area contributed by atoms with Crippen molar-refractivity contribution in [3.8, 4) is 0 Å². The molecule has 0 saturated heterocycles. The molecule has 4 heteroatoms. The molecule has 1 aromatic heterocycles. The Bertz CT molecular complexity index is 665. The summed E-state index contributed by atoms with van der Waals surface area (Å²) in [6.45, 7) is 8.10. The van der Waals surface area contributed by atoms with Gasteiger partial charge in [0.05, 0.1) is 5.71 Å². The van der Waals surface area contributed by atoms with Crippen LogP contribution >= 0.6 is 0 Å². The molecule has 0 amide bonds. The summed E-state index contributed by atoms with van der Waals surface area (Å²) in [5, 5.41) is 3.17. The van der Waals surface area contributed by atoms with Gasteiger partial charge in [-0.15, -0.1) is 0 Å². The zero-order valence-electron chi connectivity index (χ0n) is 13.4. The molecular weight excluding hydrogens is 260 g/mol. The highest BCUT2D eigenvalue weighted by Crippen LogP contribution is 2.28. The molecule has 1 aliphatic heterocycles. The minimum absolute atomic E-state index is 0.925. The lowest BCUT2D eigenvalue weighted by Crippen LogP contribution is -2.20. The highest BCUT2D eigenvalue weighted by atomic mass is 15.2. The fourth-order valence-electron chi connectivity index (χ4n) is 2.32. The number of nitrogens with one attached hydrogen (secondary N) is 1. The first kappa shape index (κ1) is 15.0. The number of allylic oxidation sites excluding steroid dienone is 3. The molecule has 0 fully saturated rings. The van der Waals surface area contributed by atoms with Crippen LogP contribution in [0.2, 0.25) is 0 Å². The van der Waals surface area contributed by atoms with Crippen LogP contribution in [0.5, 0.6) is 0 Å². The average molecular weight is 282 g/mol. The third kappa shape index (κ3) is 2.75. The summed E-state index contributed by atoms with van der Waals surface area (Å²) >= 11 is 0. The molecule has 0 atom stereocenters. The van der Waals surface area contributed by atoms with Crippen molar-refractivity contribution < 1.29 is 0 Å². The smallest absolute Gasteiger partial charge is 0.140 e. The maximum atomic E-state index is 4.58. The fourth-order valence-corrected chi connectivity index (χ4v) is 2.32. The first-order chi connectivity index (χ1) is 9.99. The van der Waals surface area contributed by atoms with Crippen molar-refractivity contribution in [3.05, 3.63) is 53.0 Å². The Hall–Kier alpha value is -2.36. The van der Waals surface area contributed by atoms with Crippen molar-refractivity contribution in [3.63, 3.8) is 0 Å². The Morgan fingerprint density at radius 3 is 2.67 bits per heavy atom. The highest BCUT2D eigenvalue weighted by Gasteiger charge is 2.16. The summed E-state index contributed by atoms with van der Waals surface area (Å²) in [6, 6.07) is 2.12. The van der Waals surface area contributed by atoms with Crippen LogP contribution in [0.3, 0.4) is 0 Å². The number of aromatic nitrogens is 1. The lowest BCUT2D eigenvalue weighted by Gasteiger charge is -2.24. The monoisotopic (exact) mass is 282 g/mol. The lowest BCUT2D eigenvalue weighted by atomic mass is 10.0. The molecule has 1 aliphatic rings. The zero-order chi connectivity index (χ0) is 15.6. The number of hydrogen-bond acceptors (Lipinski definition) is 4. The Morgan fingerprint density at radius 2 is 2.05 bits per heavy atom. The van der Waals surface area contributed by atoms with E-state index in [2.05, 4.69) is 34.9 Å². The van der Waals surface area contributed by atoms with E-state index in [1.807, 2.05) is 51.3 Å². The second-order valence-corrected chi connectivity index (χ2v) is 5.09. The van der Waals surface area contributed by atoms with Gasteiger partial charge in [-0.25, -0.2) is 4.98 Å². The molecule has 2 rings (SSSR count). The topological polar surface area (TPSA) is 40.5 Å². The van der Waals surface area contributed by atoms with Crippen molar-refractivity contribution in [1.29, 1.82) is 0 Å². The van der Waals surface area contributed by atoms with Crippen LogP contribution in [0.1, 0.15) is 25.0 Å². The van der Waals surface area contributed by atoms with E-state index in [0.29, 0.717) is 0 Å². The highest BCUT2D eigenvalue weighted by molar-refractivity contribution is 6.12. The van der Waals surface area contributed by atoms with Crippen LogP contribution in [0.15, 0.2) is 46.9 Å². The number of anilines is 1. The number of aliphatic imine (C=N–C) groups is 1. The summed E-state index contributed by atoms with van der Waals surface area (Å²) in [4.78, 5) is 11.0. The number of fused-ring (bicyclic) bond motifs is 1. The minimum Gasteiger partial charge on any atom is -0.391 e. The summed E-state index contributed by atoms with van der Waals surface area (Å²) < 4.78 is 0. The molecule has 4 nitrogen and oxygen atoms in total. The number of likely N-dealkylation sites (N-methyl/N-ethyl adjacent to an activating group) is 1. The van der Waals surface area contributed by atoms with E-state index in [-0.39, 0.29) is 0 Å². The van der Waals surface area contributed by atoms with Crippen molar-refractivity contribution >= 4 is 17.6 Å². The van der Waals surface area contributed by atoms with E-state index in [4.69, 9.17) is 0 Å². The second-order valence-electron chi connectivity index (χ2n) is 5.09. The van der Waals surface area contributed by atoms with Gasteiger partial charge < -0.3 is 10.2 Å². The molecule has 0 aromatic carbocycles. The quantitative estimate of drug-likeness (QED) is 0.866. The second kappa shape index (κ2) is 5.95. The Balaban J connectivity index is 2.49.